The molecule has 0 bridgehead atoms. The zero-order valence-corrected chi connectivity index (χ0v) is 23.0. The third kappa shape index (κ3) is 6.39. The van der Waals surface area contributed by atoms with Crippen LogP contribution in [0, 0.1) is 0 Å². The van der Waals surface area contributed by atoms with E-state index in [-0.39, 0.29) is 18.1 Å². The summed E-state index contributed by atoms with van der Waals surface area (Å²) in [5, 5.41) is 5.12. The summed E-state index contributed by atoms with van der Waals surface area (Å²) in [6, 6.07) is 10.8. The first kappa shape index (κ1) is 26.9. The third-order valence-corrected chi connectivity index (χ3v) is 6.81. The van der Waals surface area contributed by atoms with E-state index in [1.807, 2.05) is 19.1 Å². The van der Waals surface area contributed by atoms with E-state index in [9.17, 15) is 9.59 Å². The Balaban J connectivity index is 1.70. The van der Waals surface area contributed by atoms with Crippen molar-refractivity contribution in [1.29, 1.82) is 0 Å². The molecule has 1 saturated carbocycles. The lowest BCUT2D eigenvalue weighted by Gasteiger charge is -2.22. The highest BCUT2D eigenvalue weighted by atomic mass is 79.9. The van der Waals surface area contributed by atoms with Gasteiger partial charge in [0.05, 0.1) is 30.3 Å². The van der Waals surface area contributed by atoms with Crippen molar-refractivity contribution in [3.63, 3.8) is 0 Å². The molecule has 1 aliphatic carbocycles. The van der Waals surface area contributed by atoms with Gasteiger partial charge in [0.15, 0.2) is 17.6 Å². The Labute approximate surface area is 224 Å². The lowest BCUT2D eigenvalue weighted by Crippen LogP contribution is -2.26. The SMILES string of the molecule is CCOC(=O)[C@H](C)Oc1ccc(C=Nn2c(C3CCCCC3)nc3ccc(Br)cc3c2=O)cc1OCC. The molecular weight excluding hydrogens is 538 g/mol. The van der Waals surface area contributed by atoms with Crippen molar-refractivity contribution in [2.45, 2.75) is 64.9 Å². The predicted molar refractivity (Wildman–Crippen MR) is 147 cm³/mol. The molecule has 0 spiro atoms. The zero-order valence-electron chi connectivity index (χ0n) is 21.4. The smallest absolute Gasteiger partial charge is 0.347 e. The minimum atomic E-state index is -0.779. The van der Waals surface area contributed by atoms with Crippen LogP contribution in [0.4, 0.5) is 0 Å². The summed E-state index contributed by atoms with van der Waals surface area (Å²) in [7, 11) is 0. The number of hydrogen-bond acceptors (Lipinski definition) is 7. The molecule has 0 unspecified atom stereocenters. The number of nitrogens with zero attached hydrogens (tertiary/aromatic N) is 3. The second-order valence-electron chi connectivity index (χ2n) is 8.98. The summed E-state index contributed by atoms with van der Waals surface area (Å²) < 4.78 is 18.8. The summed E-state index contributed by atoms with van der Waals surface area (Å²) in [5.41, 5.74) is 1.20. The molecule has 2 aromatic carbocycles. The Morgan fingerprint density at radius 3 is 2.65 bits per heavy atom. The van der Waals surface area contributed by atoms with Gasteiger partial charge < -0.3 is 14.2 Å². The number of hydrogen-bond donors (Lipinski definition) is 0. The van der Waals surface area contributed by atoms with E-state index >= 15 is 0 Å². The Kier molecular flexibility index (Phi) is 8.97. The predicted octanol–water partition coefficient (Wildman–Crippen LogP) is 5.82. The second-order valence-corrected chi connectivity index (χ2v) is 9.89. The standard InChI is InChI=1S/C28H32BrN3O5/c1-4-35-25-15-19(11-14-24(25)37-18(3)28(34)36-5-2)17-30-32-26(20-9-7-6-8-10-20)31-23-13-12-21(29)16-22(23)27(32)33/h11-18,20H,4-10H2,1-3H3/t18-/m0/s1. The van der Waals surface area contributed by atoms with Gasteiger partial charge >= 0.3 is 5.97 Å². The van der Waals surface area contributed by atoms with Gasteiger partial charge in [0.2, 0.25) is 0 Å². The Bertz CT molecular complexity index is 1350. The minimum Gasteiger partial charge on any atom is -0.490 e. The quantitative estimate of drug-likeness (QED) is 0.238. The topological polar surface area (TPSA) is 92.0 Å². The fraction of sp³-hybridized carbons (Fsp3) is 0.429. The molecule has 1 aliphatic rings. The van der Waals surface area contributed by atoms with Crippen LogP contribution >= 0.6 is 15.9 Å². The summed E-state index contributed by atoms with van der Waals surface area (Å²) in [6.07, 6.45) is 6.26. The highest BCUT2D eigenvalue weighted by molar-refractivity contribution is 9.10. The maximum Gasteiger partial charge on any atom is 0.347 e. The summed E-state index contributed by atoms with van der Waals surface area (Å²) in [4.78, 5) is 30.4. The van der Waals surface area contributed by atoms with Crippen molar-refractivity contribution in [2.24, 2.45) is 5.10 Å². The number of ether oxygens (including phenoxy) is 3. The lowest BCUT2D eigenvalue weighted by molar-refractivity contribution is -0.150. The molecule has 1 atom stereocenters. The number of halogens is 1. The Morgan fingerprint density at radius 1 is 1.14 bits per heavy atom. The normalized spacial score (nSPS) is 15.1. The number of benzene rings is 2. The minimum absolute atomic E-state index is 0.186. The third-order valence-electron chi connectivity index (χ3n) is 6.32. The van der Waals surface area contributed by atoms with E-state index in [0.29, 0.717) is 34.8 Å². The number of esters is 1. The molecule has 37 heavy (non-hydrogen) atoms. The first-order valence-electron chi connectivity index (χ1n) is 12.8. The number of carbonyl (C=O) groups is 1. The van der Waals surface area contributed by atoms with Gasteiger partial charge in [0, 0.05) is 10.4 Å². The molecule has 1 heterocycles. The van der Waals surface area contributed by atoms with Crippen LogP contribution in [-0.4, -0.2) is 41.2 Å². The molecule has 3 aromatic rings. The summed E-state index contributed by atoms with van der Waals surface area (Å²) >= 11 is 3.46. The van der Waals surface area contributed by atoms with Crippen molar-refractivity contribution in [3.05, 3.63) is 62.6 Å². The van der Waals surface area contributed by atoms with Crippen LogP contribution in [0.15, 0.2) is 50.8 Å². The molecule has 1 fully saturated rings. The summed E-state index contributed by atoms with van der Waals surface area (Å²) in [6.45, 7) is 5.95. The maximum absolute atomic E-state index is 13.5. The van der Waals surface area contributed by atoms with Gasteiger partial charge in [0.1, 0.15) is 5.82 Å². The van der Waals surface area contributed by atoms with Crippen molar-refractivity contribution >= 4 is 39.0 Å². The van der Waals surface area contributed by atoms with Crippen molar-refractivity contribution in [1.82, 2.24) is 9.66 Å². The Morgan fingerprint density at radius 2 is 1.92 bits per heavy atom. The van der Waals surface area contributed by atoms with E-state index in [1.165, 1.54) is 11.1 Å². The lowest BCUT2D eigenvalue weighted by atomic mass is 9.88. The zero-order chi connectivity index (χ0) is 26.4. The summed E-state index contributed by atoms with van der Waals surface area (Å²) in [5.74, 6) is 1.34. The highest BCUT2D eigenvalue weighted by Crippen LogP contribution is 2.32. The van der Waals surface area contributed by atoms with E-state index in [0.717, 1.165) is 35.7 Å². The molecule has 4 rings (SSSR count). The van der Waals surface area contributed by atoms with Gasteiger partial charge in [-0.05, 0) is 75.6 Å². The highest BCUT2D eigenvalue weighted by Gasteiger charge is 2.23. The van der Waals surface area contributed by atoms with Crippen LogP contribution < -0.4 is 15.0 Å². The monoisotopic (exact) mass is 569 g/mol. The van der Waals surface area contributed by atoms with Gasteiger partial charge in [-0.2, -0.15) is 9.78 Å². The van der Waals surface area contributed by atoms with Crippen LogP contribution in [0.25, 0.3) is 10.9 Å². The van der Waals surface area contributed by atoms with Gasteiger partial charge in [0.25, 0.3) is 5.56 Å². The van der Waals surface area contributed by atoms with E-state index < -0.39 is 12.1 Å². The first-order valence-corrected chi connectivity index (χ1v) is 13.6. The molecule has 0 N–H and O–H groups in total. The van der Waals surface area contributed by atoms with Crippen molar-refractivity contribution < 1.29 is 19.0 Å². The number of rotatable bonds is 9. The number of aromatic nitrogens is 2. The van der Waals surface area contributed by atoms with E-state index in [4.69, 9.17) is 19.2 Å². The maximum atomic E-state index is 13.5. The molecule has 196 valence electrons. The Hall–Kier alpha value is -3.20. The fourth-order valence-corrected chi connectivity index (χ4v) is 4.86. The molecule has 0 aliphatic heterocycles. The second kappa shape index (κ2) is 12.4. The van der Waals surface area contributed by atoms with E-state index in [2.05, 4.69) is 21.0 Å². The largest absolute Gasteiger partial charge is 0.490 e. The molecule has 9 heteroatoms. The van der Waals surface area contributed by atoms with Crippen LogP contribution in [-0.2, 0) is 9.53 Å². The van der Waals surface area contributed by atoms with Crippen molar-refractivity contribution in [2.75, 3.05) is 13.2 Å². The number of fused-ring (bicyclic) bond motifs is 1. The van der Waals surface area contributed by atoms with Crippen LogP contribution in [0.3, 0.4) is 0 Å². The molecule has 0 amide bonds. The van der Waals surface area contributed by atoms with Gasteiger partial charge in [-0.15, -0.1) is 0 Å². The number of carbonyl (C=O) groups excluding carboxylic acids is 1. The molecule has 8 nitrogen and oxygen atoms in total. The van der Waals surface area contributed by atoms with Crippen LogP contribution in [0.2, 0.25) is 0 Å². The first-order chi connectivity index (χ1) is 17.9. The van der Waals surface area contributed by atoms with Gasteiger partial charge in [-0.25, -0.2) is 9.78 Å². The fourth-order valence-electron chi connectivity index (χ4n) is 4.50. The van der Waals surface area contributed by atoms with Crippen LogP contribution in [0.5, 0.6) is 11.5 Å². The molecule has 0 saturated heterocycles. The average molecular weight is 570 g/mol. The molecule has 1 aromatic heterocycles. The van der Waals surface area contributed by atoms with Gasteiger partial charge in [-0.3, -0.25) is 4.79 Å². The average Bonchev–Trinajstić information content (AvgIpc) is 2.90. The van der Waals surface area contributed by atoms with Crippen LogP contribution in [0.1, 0.15) is 70.2 Å². The van der Waals surface area contributed by atoms with Gasteiger partial charge in [-0.1, -0.05) is 35.2 Å². The molecular formula is C28H32BrN3O5. The van der Waals surface area contributed by atoms with E-state index in [1.54, 1.807) is 44.3 Å². The molecule has 0 radical (unpaired) electrons. The van der Waals surface area contributed by atoms with Crippen molar-refractivity contribution in [3.8, 4) is 11.5 Å².